The number of carboxylic acid groups (broad SMARTS) is 1. The molecule has 6 heteroatoms. The molecule has 1 heterocycles. The second-order valence-corrected chi connectivity index (χ2v) is 4.31. The highest BCUT2D eigenvalue weighted by Gasteiger charge is 2.23. The molecule has 2 N–H and O–H groups in total. The van der Waals surface area contributed by atoms with E-state index in [2.05, 4.69) is 5.32 Å². The van der Waals surface area contributed by atoms with Gasteiger partial charge in [-0.05, 0) is 6.92 Å². The van der Waals surface area contributed by atoms with Gasteiger partial charge in [0.1, 0.15) is 0 Å². The molecule has 98 valence electrons. The van der Waals surface area contributed by atoms with Gasteiger partial charge in [-0.1, -0.05) is 6.92 Å². The molecule has 1 aliphatic rings. The lowest BCUT2D eigenvalue weighted by Gasteiger charge is -2.29. The number of ether oxygens (including phenoxy) is 1. The summed E-state index contributed by atoms with van der Waals surface area (Å²) in [5.74, 6) is -1.34. The number of morpholine rings is 1. The molecule has 1 aliphatic heterocycles. The van der Waals surface area contributed by atoms with Gasteiger partial charge in [-0.25, -0.2) is 0 Å². The predicted octanol–water partition coefficient (Wildman–Crippen LogP) is -0.456. The number of aliphatic carboxylic acids is 1. The van der Waals surface area contributed by atoms with Crippen LogP contribution in [-0.4, -0.2) is 60.8 Å². The summed E-state index contributed by atoms with van der Waals surface area (Å²) in [6.07, 6.45) is 0. The number of carbonyl (C=O) groups excluding carboxylic acids is 1. The number of hydrogen-bond donors (Lipinski definition) is 2. The van der Waals surface area contributed by atoms with Crippen molar-refractivity contribution in [3.63, 3.8) is 0 Å². The third-order valence-electron chi connectivity index (χ3n) is 2.84. The van der Waals surface area contributed by atoms with Crippen molar-refractivity contribution >= 4 is 11.9 Å². The lowest BCUT2D eigenvalue weighted by atomic mass is 10.1. The summed E-state index contributed by atoms with van der Waals surface area (Å²) in [5, 5.41) is 11.7. The van der Waals surface area contributed by atoms with Crippen LogP contribution in [0.15, 0.2) is 0 Å². The number of hydrogen-bond acceptors (Lipinski definition) is 4. The van der Waals surface area contributed by atoms with E-state index in [0.717, 1.165) is 0 Å². The minimum atomic E-state index is -0.858. The molecular weight excluding hydrogens is 224 g/mol. The second kappa shape index (κ2) is 6.56. The van der Waals surface area contributed by atoms with E-state index in [4.69, 9.17) is 9.84 Å². The molecule has 0 aromatic rings. The van der Waals surface area contributed by atoms with Crippen molar-refractivity contribution in [2.45, 2.75) is 19.9 Å². The van der Waals surface area contributed by atoms with Gasteiger partial charge in [-0.3, -0.25) is 9.59 Å². The van der Waals surface area contributed by atoms with E-state index in [9.17, 15) is 9.59 Å². The van der Waals surface area contributed by atoms with Gasteiger partial charge in [0.25, 0.3) is 0 Å². The van der Waals surface area contributed by atoms with Crippen molar-refractivity contribution in [1.82, 2.24) is 10.2 Å². The summed E-state index contributed by atoms with van der Waals surface area (Å²) in [6.45, 7) is 6.03. The van der Waals surface area contributed by atoms with Crippen molar-refractivity contribution in [3.05, 3.63) is 0 Å². The highest BCUT2D eigenvalue weighted by Crippen LogP contribution is 2.01. The maximum Gasteiger partial charge on any atom is 0.307 e. The Morgan fingerprint density at radius 2 is 1.94 bits per heavy atom. The Labute approximate surface area is 101 Å². The minimum absolute atomic E-state index is 0.00545. The molecule has 0 saturated carbocycles. The molecule has 0 bridgehead atoms. The fraction of sp³-hybridized carbons (Fsp3) is 0.818. The van der Waals surface area contributed by atoms with Gasteiger partial charge in [0.15, 0.2) is 0 Å². The number of nitrogens with one attached hydrogen (secondary N) is 1. The number of carboxylic acids is 1. The van der Waals surface area contributed by atoms with Crippen LogP contribution < -0.4 is 5.32 Å². The van der Waals surface area contributed by atoms with Crippen LogP contribution >= 0.6 is 0 Å². The van der Waals surface area contributed by atoms with E-state index in [1.165, 1.54) is 0 Å². The van der Waals surface area contributed by atoms with Crippen LogP contribution in [0.5, 0.6) is 0 Å². The van der Waals surface area contributed by atoms with Gasteiger partial charge in [-0.15, -0.1) is 0 Å². The van der Waals surface area contributed by atoms with Crippen molar-refractivity contribution in [2.75, 3.05) is 32.8 Å². The van der Waals surface area contributed by atoms with Crippen LogP contribution in [0.1, 0.15) is 13.8 Å². The maximum absolute atomic E-state index is 11.9. The molecule has 0 aromatic heterocycles. The normalized spacial score (nSPS) is 19.8. The first-order valence-electron chi connectivity index (χ1n) is 5.85. The van der Waals surface area contributed by atoms with E-state index in [-0.39, 0.29) is 11.9 Å². The Balaban J connectivity index is 2.33. The second-order valence-electron chi connectivity index (χ2n) is 4.31. The molecule has 2 unspecified atom stereocenters. The molecule has 0 aromatic carbocycles. The summed E-state index contributed by atoms with van der Waals surface area (Å²) in [6, 6.07) is -0.352. The maximum atomic E-state index is 11.9. The Morgan fingerprint density at radius 3 is 2.47 bits per heavy atom. The summed E-state index contributed by atoms with van der Waals surface area (Å²) >= 11 is 0. The molecule has 1 saturated heterocycles. The first kappa shape index (κ1) is 13.9. The van der Waals surface area contributed by atoms with Crippen molar-refractivity contribution < 1.29 is 19.4 Å². The van der Waals surface area contributed by atoms with Gasteiger partial charge >= 0.3 is 5.97 Å². The molecule has 1 amide bonds. The van der Waals surface area contributed by atoms with Gasteiger partial charge < -0.3 is 20.1 Å². The van der Waals surface area contributed by atoms with Crippen LogP contribution in [0.25, 0.3) is 0 Å². The average molecular weight is 244 g/mol. The molecule has 0 radical (unpaired) electrons. The van der Waals surface area contributed by atoms with Gasteiger partial charge in [0.2, 0.25) is 5.91 Å². The summed E-state index contributed by atoms with van der Waals surface area (Å²) < 4.78 is 5.17. The minimum Gasteiger partial charge on any atom is -0.481 e. The van der Waals surface area contributed by atoms with Gasteiger partial charge in [0.05, 0.1) is 25.2 Å². The van der Waals surface area contributed by atoms with Crippen molar-refractivity contribution in [2.24, 2.45) is 5.92 Å². The van der Waals surface area contributed by atoms with E-state index < -0.39 is 11.9 Å². The lowest BCUT2D eigenvalue weighted by molar-refractivity contribution is -0.142. The van der Waals surface area contributed by atoms with Gasteiger partial charge in [-0.2, -0.15) is 0 Å². The fourth-order valence-corrected chi connectivity index (χ4v) is 1.59. The Kier molecular flexibility index (Phi) is 5.37. The quantitative estimate of drug-likeness (QED) is 0.684. The smallest absolute Gasteiger partial charge is 0.307 e. The number of nitrogens with zero attached hydrogens (tertiary/aromatic N) is 1. The van der Waals surface area contributed by atoms with Crippen LogP contribution in [0.3, 0.4) is 0 Å². The first-order valence-corrected chi connectivity index (χ1v) is 5.85. The van der Waals surface area contributed by atoms with Crippen LogP contribution in [-0.2, 0) is 14.3 Å². The summed E-state index contributed by atoms with van der Waals surface area (Å²) in [5.41, 5.74) is 0. The third-order valence-corrected chi connectivity index (χ3v) is 2.84. The zero-order chi connectivity index (χ0) is 12.8. The van der Waals surface area contributed by atoms with Crippen molar-refractivity contribution in [3.8, 4) is 0 Å². The molecule has 17 heavy (non-hydrogen) atoms. The number of carbonyl (C=O) groups is 2. The van der Waals surface area contributed by atoms with Crippen LogP contribution in [0.2, 0.25) is 0 Å². The molecular formula is C11H20N2O4. The monoisotopic (exact) mass is 244 g/mol. The van der Waals surface area contributed by atoms with Crippen LogP contribution in [0, 0.1) is 5.92 Å². The summed E-state index contributed by atoms with van der Waals surface area (Å²) in [7, 11) is 0. The molecule has 1 rings (SSSR count). The SMILES string of the molecule is CC(CNC(C)C(=O)N1CCOCC1)C(=O)O. The molecule has 6 nitrogen and oxygen atoms in total. The average Bonchev–Trinajstić information content (AvgIpc) is 2.35. The standard InChI is InChI=1S/C11H20N2O4/c1-8(11(15)16)7-12-9(2)10(14)13-3-5-17-6-4-13/h8-9,12H,3-7H2,1-2H3,(H,15,16). The van der Waals surface area contributed by atoms with E-state index >= 15 is 0 Å². The predicted molar refractivity (Wildman–Crippen MR) is 61.7 cm³/mol. The van der Waals surface area contributed by atoms with Gasteiger partial charge in [0, 0.05) is 19.6 Å². The molecule has 2 atom stereocenters. The Morgan fingerprint density at radius 1 is 1.35 bits per heavy atom. The highest BCUT2D eigenvalue weighted by molar-refractivity contribution is 5.81. The van der Waals surface area contributed by atoms with Crippen LogP contribution in [0.4, 0.5) is 0 Å². The van der Waals surface area contributed by atoms with E-state index in [1.54, 1.807) is 18.7 Å². The number of amides is 1. The molecule has 0 aliphatic carbocycles. The Bertz CT molecular complexity index is 277. The molecule has 0 spiro atoms. The Hall–Kier alpha value is -1.14. The zero-order valence-corrected chi connectivity index (χ0v) is 10.3. The molecule has 1 fully saturated rings. The largest absolute Gasteiger partial charge is 0.481 e. The lowest BCUT2D eigenvalue weighted by Crippen LogP contribution is -2.50. The topological polar surface area (TPSA) is 78.9 Å². The first-order chi connectivity index (χ1) is 8.02. The third kappa shape index (κ3) is 4.32. The number of rotatable bonds is 5. The highest BCUT2D eigenvalue weighted by atomic mass is 16.5. The summed E-state index contributed by atoms with van der Waals surface area (Å²) in [4.78, 5) is 24.3. The fourth-order valence-electron chi connectivity index (χ4n) is 1.59. The zero-order valence-electron chi connectivity index (χ0n) is 10.3. The van der Waals surface area contributed by atoms with E-state index in [1.807, 2.05) is 0 Å². The van der Waals surface area contributed by atoms with E-state index in [0.29, 0.717) is 32.8 Å². The van der Waals surface area contributed by atoms with Crippen molar-refractivity contribution in [1.29, 1.82) is 0 Å².